The Labute approximate surface area is 458 Å². The van der Waals surface area contributed by atoms with Gasteiger partial charge in [0, 0.05) is 39.0 Å². The summed E-state index contributed by atoms with van der Waals surface area (Å²) < 4.78 is 13.7. The molecule has 2 aliphatic heterocycles. The molecular formula is C76H47NO2. The van der Waals surface area contributed by atoms with Crippen LogP contribution in [0.4, 0.5) is 17.1 Å². The van der Waals surface area contributed by atoms with Crippen LogP contribution in [0.15, 0.2) is 285 Å². The Hall–Kier alpha value is -10.2. The summed E-state index contributed by atoms with van der Waals surface area (Å²) in [4.78, 5) is 2.53. The first-order valence-electron chi connectivity index (χ1n) is 27.3. The number of ether oxygens (including phenoxy) is 2. The van der Waals surface area contributed by atoms with Crippen LogP contribution < -0.4 is 14.4 Å². The van der Waals surface area contributed by atoms with Crippen LogP contribution in [-0.2, 0) is 10.8 Å². The van der Waals surface area contributed by atoms with Crippen LogP contribution in [-0.4, -0.2) is 0 Å². The van der Waals surface area contributed by atoms with E-state index in [1.165, 1.54) is 77.4 Å². The number of anilines is 3. The van der Waals surface area contributed by atoms with Crippen molar-refractivity contribution in [1.82, 2.24) is 0 Å². The fourth-order valence-electron chi connectivity index (χ4n) is 14.3. The minimum Gasteiger partial charge on any atom is -0.457 e. The smallest absolute Gasteiger partial charge is 0.132 e. The van der Waals surface area contributed by atoms with Crippen molar-refractivity contribution in [3.8, 4) is 67.5 Å². The SMILES string of the molecule is c1ccc(-c2ccc(-c3ccc(N(c4ccc5c(c4)C4(c6ccccc6Oc6ccccc64)c4ccccc4-5)c4cc5c(c6ccccc46)-c4cc6ccccc6cc4C54c5ccccc5Oc5ccccc54)cc3)cc2)cc1. The molecule has 368 valence electrons. The summed E-state index contributed by atoms with van der Waals surface area (Å²) in [6.45, 7) is 0. The molecule has 0 aromatic heterocycles. The Morgan fingerprint density at radius 3 is 1.27 bits per heavy atom. The maximum atomic E-state index is 6.92. The van der Waals surface area contributed by atoms with Gasteiger partial charge in [-0.15, -0.1) is 0 Å². The molecule has 13 aromatic carbocycles. The lowest BCUT2D eigenvalue weighted by molar-refractivity contribution is 0.436. The zero-order valence-electron chi connectivity index (χ0n) is 42.9. The molecule has 2 heterocycles. The molecule has 0 radical (unpaired) electrons. The first-order valence-corrected chi connectivity index (χ1v) is 27.3. The van der Waals surface area contributed by atoms with Crippen LogP contribution in [0.25, 0.3) is 66.1 Å². The summed E-state index contributed by atoms with van der Waals surface area (Å²) in [5, 5.41) is 4.78. The molecule has 0 N–H and O–H groups in total. The van der Waals surface area contributed by atoms with Gasteiger partial charge in [0.1, 0.15) is 23.0 Å². The van der Waals surface area contributed by atoms with E-state index in [0.29, 0.717) is 0 Å². The van der Waals surface area contributed by atoms with Crippen LogP contribution in [0.2, 0.25) is 0 Å². The van der Waals surface area contributed by atoms with E-state index in [0.717, 1.165) is 73.3 Å². The van der Waals surface area contributed by atoms with Crippen LogP contribution in [0.5, 0.6) is 23.0 Å². The normalized spacial score (nSPS) is 14.0. The minimum absolute atomic E-state index is 0.655. The molecule has 0 amide bonds. The van der Waals surface area contributed by atoms with E-state index in [-0.39, 0.29) is 0 Å². The summed E-state index contributed by atoms with van der Waals surface area (Å²) in [5.41, 5.74) is 21.0. The Kier molecular flexibility index (Phi) is 9.26. The molecule has 4 aliphatic rings. The first kappa shape index (κ1) is 44.0. The van der Waals surface area contributed by atoms with Crippen LogP contribution in [0.3, 0.4) is 0 Å². The highest BCUT2D eigenvalue weighted by molar-refractivity contribution is 6.13. The third-order valence-electron chi connectivity index (χ3n) is 17.6. The Balaban J connectivity index is 0.957. The second-order valence-electron chi connectivity index (χ2n) is 21.4. The number of rotatable bonds is 5. The van der Waals surface area contributed by atoms with Gasteiger partial charge in [0.05, 0.1) is 16.5 Å². The second kappa shape index (κ2) is 16.6. The molecule has 0 unspecified atom stereocenters. The van der Waals surface area contributed by atoms with Gasteiger partial charge in [-0.25, -0.2) is 0 Å². The summed E-state index contributed by atoms with van der Waals surface area (Å²) in [6.07, 6.45) is 0. The molecule has 0 bridgehead atoms. The van der Waals surface area contributed by atoms with Crippen molar-refractivity contribution < 1.29 is 9.47 Å². The van der Waals surface area contributed by atoms with Gasteiger partial charge >= 0.3 is 0 Å². The number of nitrogens with zero attached hydrogens (tertiary/aromatic N) is 1. The van der Waals surface area contributed by atoms with Crippen molar-refractivity contribution in [2.24, 2.45) is 0 Å². The quantitative estimate of drug-likeness (QED) is 0.171. The van der Waals surface area contributed by atoms with Crippen molar-refractivity contribution in [3.05, 3.63) is 330 Å². The van der Waals surface area contributed by atoms with Gasteiger partial charge in [0.25, 0.3) is 0 Å². The fraction of sp³-hybridized carbons (Fsp3) is 0.0263. The van der Waals surface area contributed by atoms with Crippen LogP contribution >= 0.6 is 0 Å². The number of fused-ring (bicyclic) bond motifs is 21. The number of hydrogen-bond acceptors (Lipinski definition) is 3. The van der Waals surface area contributed by atoms with E-state index in [4.69, 9.17) is 9.47 Å². The van der Waals surface area contributed by atoms with Crippen molar-refractivity contribution in [2.45, 2.75) is 10.8 Å². The van der Waals surface area contributed by atoms with Gasteiger partial charge in [0.2, 0.25) is 0 Å². The lowest BCUT2D eigenvalue weighted by Crippen LogP contribution is -2.32. The third kappa shape index (κ3) is 6.07. The number of para-hydroxylation sites is 4. The highest BCUT2D eigenvalue weighted by Gasteiger charge is 2.53. The van der Waals surface area contributed by atoms with Gasteiger partial charge in [-0.2, -0.15) is 0 Å². The number of hydrogen-bond donors (Lipinski definition) is 0. The average molecular weight is 1010 g/mol. The van der Waals surface area contributed by atoms with Crippen molar-refractivity contribution >= 4 is 38.6 Å². The molecular weight excluding hydrogens is 959 g/mol. The summed E-state index contributed by atoms with van der Waals surface area (Å²) in [7, 11) is 0. The zero-order valence-corrected chi connectivity index (χ0v) is 42.9. The topological polar surface area (TPSA) is 21.7 Å². The fourth-order valence-corrected chi connectivity index (χ4v) is 14.3. The lowest BCUT2D eigenvalue weighted by Gasteiger charge is -2.40. The lowest BCUT2D eigenvalue weighted by atomic mass is 9.65. The maximum Gasteiger partial charge on any atom is 0.132 e. The molecule has 0 saturated carbocycles. The predicted octanol–water partition coefficient (Wildman–Crippen LogP) is 19.7. The van der Waals surface area contributed by atoms with E-state index in [2.05, 4.69) is 290 Å². The summed E-state index contributed by atoms with van der Waals surface area (Å²) in [6, 6.07) is 105. The summed E-state index contributed by atoms with van der Waals surface area (Å²) in [5.74, 6) is 3.48. The minimum atomic E-state index is -0.723. The molecule has 0 saturated heterocycles. The molecule has 0 atom stereocenters. The van der Waals surface area contributed by atoms with E-state index in [1.807, 2.05) is 0 Å². The van der Waals surface area contributed by atoms with Gasteiger partial charge in [-0.05, 0) is 150 Å². The third-order valence-corrected chi connectivity index (χ3v) is 17.6. The van der Waals surface area contributed by atoms with E-state index >= 15 is 0 Å². The van der Waals surface area contributed by atoms with Crippen LogP contribution in [0.1, 0.15) is 44.5 Å². The van der Waals surface area contributed by atoms with Crippen molar-refractivity contribution in [2.75, 3.05) is 4.90 Å². The molecule has 13 aromatic rings. The Bertz CT molecular complexity index is 4580. The monoisotopic (exact) mass is 1010 g/mol. The average Bonchev–Trinajstić information content (AvgIpc) is 2.65. The Morgan fingerprint density at radius 2 is 0.671 bits per heavy atom. The molecule has 2 aliphatic carbocycles. The highest BCUT2D eigenvalue weighted by atomic mass is 16.5. The predicted molar refractivity (Wildman–Crippen MR) is 322 cm³/mol. The summed E-state index contributed by atoms with van der Waals surface area (Å²) >= 11 is 0. The van der Waals surface area contributed by atoms with E-state index in [1.54, 1.807) is 0 Å². The van der Waals surface area contributed by atoms with E-state index < -0.39 is 10.8 Å². The molecule has 79 heavy (non-hydrogen) atoms. The van der Waals surface area contributed by atoms with Crippen LogP contribution in [0, 0.1) is 0 Å². The van der Waals surface area contributed by atoms with Gasteiger partial charge < -0.3 is 14.4 Å². The standard InChI is InChI=1S/C76H47NO2/c1-2-18-48(19-3-1)49-34-36-50(37-35-49)51-38-40-54(41-39-51)77(55-42-43-57-56-22-8-9-25-61(56)75(67(57)46-55)62-26-10-14-30-70(62)78-71-31-15-11-27-63(71)75)69-47-68-74(59-24-7-6-23-58(59)69)60-44-52-20-4-5-21-53(52)45-66(60)76(68)64-28-12-16-32-72(64)79-73-33-17-13-29-65(73)76/h1-47H. The molecule has 0 fully saturated rings. The molecule has 17 rings (SSSR count). The highest BCUT2D eigenvalue weighted by Crippen LogP contribution is 2.66. The van der Waals surface area contributed by atoms with Gasteiger partial charge in [-0.1, -0.05) is 218 Å². The largest absolute Gasteiger partial charge is 0.457 e. The van der Waals surface area contributed by atoms with E-state index in [9.17, 15) is 0 Å². The Morgan fingerprint density at radius 1 is 0.253 bits per heavy atom. The van der Waals surface area contributed by atoms with Gasteiger partial charge in [0.15, 0.2) is 0 Å². The zero-order chi connectivity index (χ0) is 51.8. The van der Waals surface area contributed by atoms with Crippen molar-refractivity contribution in [1.29, 1.82) is 0 Å². The van der Waals surface area contributed by atoms with Crippen molar-refractivity contribution in [3.63, 3.8) is 0 Å². The molecule has 2 spiro atoms. The first-order chi connectivity index (χ1) is 39.2. The second-order valence-corrected chi connectivity index (χ2v) is 21.4. The van der Waals surface area contributed by atoms with Gasteiger partial charge in [-0.3, -0.25) is 0 Å². The maximum absolute atomic E-state index is 6.92. The molecule has 3 heteroatoms. The number of benzene rings is 13. The molecule has 3 nitrogen and oxygen atoms in total.